The van der Waals surface area contributed by atoms with Crippen molar-refractivity contribution in [3.05, 3.63) is 35.9 Å². The molecule has 0 bridgehead atoms. The molecule has 0 saturated carbocycles. The standard InChI is InChI=1S/C17H26N2O3S/c1-2-12-23(21,22)18-14-17(20)19-10-8-16(9-11-19)13-15-6-4-3-5-7-15/h3-7,16,18H,2,8-14H2,1H3. The van der Waals surface area contributed by atoms with Crippen molar-refractivity contribution in [2.45, 2.75) is 32.6 Å². The number of likely N-dealkylation sites (tertiary alicyclic amines) is 1. The lowest BCUT2D eigenvalue weighted by molar-refractivity contribution is -0.131. The predicted molar refractivity (Wildman–Crippen MR) is 91.5 cm³/mol. The van der Waals surface area contributed by atoms with Gasteiger partial charge >= 0.3 is 0 Å². The van der Waals surface area contributed by atoms with Gasteiger partial charge in [0.15, 0.2) is 0 Å². The zero-order valence-corrected chi connectivity index (χ0v) is 14.5. The maximum atomic E-state index is 12.1. The molecule has 2 rings (SSSR count). The molecule has 1 fully saturated rings. The van der Waals surface area contributed by atoms with E-state index in [0.29, 0.717) is 25.4 Å². The fourth-order valence-corrected chi connectivity index (χ4v) is 3.98. The third kappa shape index (κ3) is 5.95. The molecular formula is C17H26N2O3S. The summed E-state index contributed by atoms with van der Waals surface area (Å²) in [6.45, 7) is 3.11. The van der Waals surface area contributed by atoms with Gasteiger partial charge in [0.2, 0.25) is 15.9 Å². The number of carbonyl (C=O) groups is 1. The Balaban J connectivity index is 1.74. The van der Waals surface area contributed by atoms with Crippen LogP contribution in [0.5, 0.6) is 0 Å². The van der Waals surface area contributed by atoms with Gasteiger partial charge < -0.3 is 4.90 Å². The number of hydrogen-bond donors (Lipinski definition) is 1. The first-order chi connectivity index (χ1) is 11.0. The van der Waals surface area contributed by atoms with Crippen LogP contribution >= 0.6 is 0 Å². The maximum Gasteiger partial charge on any atom is 0.237 e. The Labute approximate surface area is 139 Å². The van der Waals surface area contributed by atoms with Crippen LogP contribution in [-0.2, 0) is 21.2 Å². The second-order valence-electron chi connectivity index (χ2n) is 6.15. The highest BCUT2D eigenvalue weighted by molar-refractivity contribution is 7.89. The molecule has 0 radical (unpaired) electrons. The quantitative estimate of drug-likeness (QED) is 0.824. The summed E-state index contributed by atoms with van der Waals surface area (Å²) < 4.78 is 25.6. The molecule has 23 heavy (non-hydrogen) atoms. The summed E-state index contributed by atoms with van der Waals surface area (Å²) in [5, 5.41) is 0. The van der Waals surface area contributed by atoms with Gasteiger partial charge in [-0.15, -0.1) is 0 Å². The van der Waals surface area contributed by atoms with Crippen molar-refractivity contribution in [3.63, 3.8) is 0 Å². The summed E-state index contributed by atoms with van der Waals surface area (Å²) in [6.07, 6.45) is 3.55. The average molecular weight is 338 g/mol. The van der Waals surface area contributed by atoms with Gasteiger partial charge in [-0.25, -0.2) is 13.1 Å². The van der Waals surface area contributed by atoms with Crippen molar-refractivity contribution in [1.29, 1.82) is 0 Å². The summed E-state index contributed by atoms with van der Waals surface area (Å²) >= 11 is 0. The highest BCUT2D eigenvalue weighted by Gasteiger charge is 2.23. The smallest absolute Gasteiger partial charge is 0.237 e. The molecule has 1 N–H and O–H groups in total. The summed E-state index contributed by atoms with van der Waals surface area (Å²) in [6, 6.07) is 10.4. The van der Waals surface area contributed by atoms with Crippen LogP contribution in [-0.4, -0.2) is 44.6 Å². The van der Waals surface area contributed by atoms with Crippen LogP contribution in [0.25, 0.3) is 0 Å². The second kappa shape index (κ2) is 8.45. The number of amides is 1. The van der Waals surface area contributed by atoms with Crippen LogP contribution in [0.1, 0.15) is 31.7 Å². The lowest BCUT2D eigenvalue weighted by Gasteiger charge is -2.32. The fraction of sp³-hybridized carbons (Fsp3) is 0.588. The molecule has 1 saturated heterocycles. The minimum atomic E-state index is -3.31. The van der Waals surface area contributed by atoms with Crippen LogP contribution in [0.15, 0.2) is 30.3 Å². The number of rotatable bonds is 7. The van der Waals surface area contributed by atoms with Crippen molar-refractivity contribution in [2.75, 3.05) is 25.4 Å². The highest BCUT2D eigenvalue weighted by Crippen LogP contribution is 2.21. The molecule has 1 aromatic carbocycles. The number of nitrogens with one attached hydrogen (secondary N) is 1. The van der Waals surface area contributed by atoms with Crippen molar-refractivity contribution < 1.29 is 13.2 Å². The molecule has 0 aromatic heterocycles. The highest BCUT2D eigenvalue weighted by atomic mass is 32.2. The molecule has 1 aromatic rings. The van der Waals surface area contributed by atoms with Gasteiger partial charge in [0.25, 0.3) is 0 Å². The first kappa shape index (κ1) is 17.9. The lowest BCUT2D eigenvalue weighted by Crippen LogP contribution is -2.44. The molecule has 1 aliphatic heterocycles. The third-order valence-corrected chi connectivity index (χ3v) is 5.78. The molecule has 1 heterocycles. The minimum Gasteiger partial charge on any atom is -0.342 e. The van der Waals surface area contributed by atoms with Gasteiger partial charge in [-0.1, -0.05) is 37.3 Å². The van der Waals surface area contributed by atoms with Gasteiger partial charge in [-0.3, -0.25) is 4.79 Å². The number of piperidine rings is 1. The molecule has 0 atom stereocenters. The van der Waals surface area contributed by atoms with E-state index in [4.69, 9.17) is 0 Å². The minimum absolute atomic E-state index is 0.0689. The van der Waals surface area contributed by atoms with Gasteiger partial charge in [0, 0.05) is 13.1 Å². The summed E-state index contributed by atoms with van der Waals surface area (Å²) in [7, 11) is -3.31. The van der Waals surface area contributed by atoms with Crippen LogP contribution in [0.3, 0.4) is 0 Å². The normalized spacial score (nSPS) is 16.5. The molecule has 1 amide bonds. The number of carbonyl (C=O) groups excluding carboxylic acids is 1. The van der Waals surface area contributed by atoms with E-state index in [2.05, 4.69) is 29.0 Å². The van der Waals surface area contributed by atoms with Gasteiger partial charge in [-0.05, 0) is 37.2 Å². The molecule has 6 heteroatoms. The van der Waals surface area contributed by atoms with E-state index in [9.17, 15) is 13.2 Å². The van der Waals surface area contributed by atoms with E-state index < -0.39 is 10.0 Å². The summed E-state index contributed by atoms with van der Waals surface area (Å²) in [5.74, 6) is 0.542. The number of nitrogens with zero attached hydrogens (tertiary/aromatic N) is 1. The van der Waals surface area contributed by atoms with Crippen LogP contribution in [0.2, 0.25) is 0 Å². The number of benzene rings is 1. The predicted octanol–water partition coefficient (Wildman–Crippen LogP) is 1.80. The van der Waals surface area contributed by atoms with E-state index in [-0.39, 0.29) is 18.2 Å². The molecule has 0 aliphatic carbocycles. The Bertz CT molecular complexity index is 594. The Morgan fingerprint density at radius 1 is 1.22 bits per heavy atom. The topological polar surface area (TPSA) is 66.5 Å². The number of hydrogen-bond acceptors (Lipinski definition) is 3. The largest absolute Gasteiger partial charge is 0.342 e. The van der Waals surface area contributed by atoms with E-state index in [0.717, 1.165) is 19.3 Å². The summed E-state index contributed by atoms with van der Waals surface area (Å²) in [5.41, 5.74) is 1.34. The maximum absolute atomic E-state index is 12.1. The molecule has 1 aliphatic rings. The summed E-state index contributed by atoms with van der Waals surface area (Å²) in [4.78, 5) is 13.9. The molecular weight excluding hydrogens is 312 g/mol. The Hall–Kier alpha value is -1.40. The lowest BCUT2D eigenvalue weighted by atomic mass is 9.90. The number of sulfonamides is 1. The molecule has 128 valence electrons. The van der Waals surface area contributed by atoms with Gasteiger partial charge in [-0.2, -0.15) is 0 Å². The van der Waals surface area contributed by atoms with E-state index in [1.807, 2.05) is 6.07 Å². The van der Waals surface area contributed by atoms with Gasteiger partial charge in [0.1, 0.15) is 0 Å². The SMILES string of the molecule is CCCS(=O)(=O)NCC(=O)N1CCC(Cc2ccccc2)CC1. The van der Waals surface area contributed by atoms with Crippen LogP contribution < -0.4 is 4.72 Å². The second-order valence-corrected chi connectivity index (χ2v) is 8.08. The Morgan fingerprint density at radius 3 is 2.48 bits per heavy atom. The average Bonchev–Trinajstić information content (AvgIpc) is 2.54. The van der Waals surface area contributed by atoms with Crippen molar-refractivity contribution in [3.8, 4) is 0 Å². The third-order valence-electron chi connectivity index (χ3n) is 4.25. The van der Waals surface area contributed by atoms with Crippen molar-refractivity contribution >= 4 is 15.9 Å². The van der Waals surface area contributed by atoms with Gasteiger partial charge in [0.05, 0.1) is 12.3 Å². The van der Waals surface area contributed by atoms with E-state index in [1.165, 1.54) is 5.56 Å². The zero-order valence-electron chi connectivity index (χ0n) is 13.7. The first-order valence-corrected chi connectivity index (χ1v) is 9.94. The molecule has 0 spiro atoms. The first-order valence-electron chi connectivity index (χ1n) is 8.29. The Kier molecular flexibility index (Phi) is 6.59. The zero-order chi connectivity index (χ0) is 16.7. The molecule has 5 nitrogen and oxygen atoms in total. The van der Waals surface area contributed by atoms with Crippen molar-refractivity contribution in [2.24, 2.45) is 5.92 Å². The fourth-order valence-electron chi connectivity index (χ4n) is 2.96. The monoisotopic (exact) mass is 338 g/mol. The Morgan fingerprint density at radius 2 is 1.87 bits per heavy atom. The van der Waals surface area contributed by atoms with Crippen LogP contribution in [0, 0.1) is 5.92 Å². The van der Waals surface area contributed by atoms with Crippen molar-refractivity contribution in [1.82, 2.24) is 9.62 Å². The van der Waals surface area contributed by atoms with Crippen LogP contribution in [0.4, 0.5) is 0 Å². The van der Waals surface area contributed by atoms with E-state index in [1.54, 1.807) is 11.8 Å². The van der Waals surface area contributed by atoms with E-state index >= 15 is 0 Å². The molecule has 0 unspecified atom stereocenters.